The van der Waals surface area contributed by atoms with Crippen molar-refractivity contribution in [3.63, 3.8) is 0 Å². The fourth-order valence-electron chi connectivity index (χ4n) is 2.83. The molecule has 192 valence electrons. The Labute approximate surface area is 207 Å². The first-order chi connectivity index (χ1) is 17.3. The predicted octanol–water partition coefficient (Wildman–Crippen LogP) is 2.39. The zero-order valence-electron chi connectivity index (χ0n) is 19.5. The average molecular weight is 520 g/mol. The van der Waals surface area contributed by atoms with E-state index in [0.29, 0.717) is 11.5 Å². The summed E-state index contributed by atoms with van der Waals surface area (Å²) in [6.45, 7) is 1.07. The molecule has 0 unspecified atom stereocenters. The highest BCUT2D eigenvalue weighted by molar-refractivity contribution is 7.92. The molecule has 0 radical (unpaired) electrons. The van der Waals surface area contributed by atoms with Crippen LogP contribution >= 0.6 is 0 Å². The lowest BCUT2D eigenvalue weighted by Crippen LogP contribution is -2.16. The summed E-state index contributed by atoms with van der Waals surface area (Å²) in [7, 11) is -2.66. The summed E-state index contributed by atoms with van der Waals surface area (Å²) < 4.78 is 55.3. The second kappa shape index (κ2) is 12.6. The highest BCUT2D eigenvalue weighted by Crippen LogP contribution is 2.39. The van der Waals surface area contributed by atoms with Crippen LogP contribution < -0.4 is 23.7 Å². The average Bonchev–Trinajstić information content (AvgIpc) is 2.87. The Balaban J connectivity index is 1.84. The van der Waals surface area contributed by atoms with E-state index in [1.54, 1.807) is 24.3 Å². The van der Waals surface area contributed by atoms with Crippen LogP contribution in [0.1, 0.15) is 6.92 Å². The van der Waals surface area contributed by atoms with Crippen molar-refractivity contribution in [2.45, 2.75) is 11.8 Å². The number of aromatic nitrogens is 2. The summed E-state index contributed by atoms with van der Waals surface area (Å²) in [6, 6.07) is 12.3. The molecule has 0 saturated carbocycles. The number of anilines is 1. The van der Waals surface area contributed by atoms with Gasteiger partial charge in [-0.25, -0.2) is 13.4 Å². The van der Waals surface area contributed by atoms with Crippen LogP contribution in [-0.2, 0) is 19.6 Å². The number of nitrogens with zero attached hydrogens (tertiary/aromatic N) is 2. The zero-order valence-corrected chi connectivity index (χ0v) is 20.4. The minimum absolute atomic E-state index is 0.0698. The number of para-hydroxylation sites is 2. The van der Waals surface area contributed by atoms with Crippen molar-refractivity contribution in [3.05, 3.63) is 54.9 Å². The molecule has 2 aromatic carbocycles. The number of sulfonamides is 1. The highest BCUT2D eigenvalue weighted by atomic mass is 32.2. The normalized spacial score (nSPS) is 10.9. The Bertz CT molecular complexity index is 1270. The van der Waals surface area contributed by atoms with E-state index >= 15 is 0 Å². The molecule has 1 aromatic heterocycles. The third kappa shape index (κ3) is 7.20. The van der Waals surface area contributed by atoms with Gasteiger partial charge in [0.1, 0.15) is 31.9 Å². The number of esters is 1. The number of carbonyl (C=O) groups is 1. The SMILES string of the molecule is COc1ccccc1Oc1c(NS(=O)(=O)c2ccc(OCCOC(C)=O)cc2)ncnc1OCCO. The molecule has 0 aliphatic carbocycles. The fraction of sp³-hybridized carbons (Fsp3) is 0.261. The molecule has 3 aromatic rings. The van der Waals surface area contributed by atoms with Gasteiger partial charge in [0.2, 0.25) is 5.75 Å². The van der Waals surface area contributed by atoms with Crippen LogP contribution in [0.2, 0.25) is 0 Å². The lowest BCUT2D eigenvalue weighted by atomic mass is 10.3. The van der Waals surface area contributed by atoms with E-state index in [1.807, 2.05) is 0 Å². The molecule has 0 aliphatic heterocycles. The number of aliphatic hydroxyl groups is 1. The minimum atomic E-state index is -4.12. The first-order valence-electron chi connectivity index (χ1n) is 10.6. The van der Waals surface area contributed by atoms with Gasteiger partial charge in [-0.2, -0.15) is 4.98 Å². The van der Waals surface area contributed by atoms with Crippen LogP contribution in [0.15, 0.2) is 59.8 Å². The topological polar surface area (TPSA) is 155 Å². The van der Waals surface area contributed by atoms with Crippen LogP contribution in [0.4, 0.5) is 5.82 Å². The van der Waals surface area contributed by atoms with Gasteiger partial charge in [-0.15, -0.1) is 0 Å². The Kier molecular flexibility index (Phi) is 9.25. The molecule has 1 heterocycles. The molecule has 0 bridgehead atoms. The van der Waals surface area contributed by atoms with Gasteiger partial charge in [-0.05, 0) is 36.4 Å². The molecule has 0 aliphatic rings. The quantitative estimate of drug-likeness (QED) is 0.252. The van der Waals surface area contributed by atoms with E-state index in [2.05, 4.69) is 14.7 Å². The molecule has 0 fully saturated rings. The minimum Gasteiger partial charge on any atom is -0.493 e. The van der Waals surface area contributed by atoms with E-state index in [9.17, 15) is 13.2 Å². The predicted molar refractivity (Wildman–Crippen MR) is 127 cm³/mol. The van der Waals surface area contributed by atoms with Gasteiger partial charge in [0.15, 0.2) is 17.3 Å². The van der Waals surface area contributed by atoms with Gasteiger partial charge in [0, 0.05) is 6.92 Å². The molecule has 0 spiro atoms. The molecule has 13 heteroatoms. The van der Waals surface area contributed by atoms with E-state index in [4.69, 9.17) is 28.8 Å². The van der Waals surface area contributed by atoms with Crippen LogP contribution in [0, 0.1) is 0 Å². The first kappa shape index (κ1) is 26.5. The second-order valence-electron chi connectivity index (χ2n) is 6.95. The van der Waals surface area contributed by atoms with Crippen molar-refractivity contribution in [2.75, 3.05) is 38.3 Å². The van der Waals surface area contributed by atoms with Crippen LogP contribution in [0.25, 0.3) is 0 Å². The van der Waals surface area contributed by atoms with E-state index in [0.717, 1.165) is 6.33 Å². The van der Waals surface area contributed by atoms with Gasteiger partial charge in [0.05, 0.1) is 18.6 Å². The summed E-state index contributed by atoms with van der Waals surface area (Å²) in [5.41, 5.74) is 0. The van der Waals surface area contributed by atoms with Crippen molar-refractivity contribution >= 4 is 21.8 Å². The molecule has 0 atom stereocenters. The number of methoxy groups -OCH3 is 1. The van der Waals surface area contributed by atoms with Gasteiger partial charge in [-0.1, -0.05) is 12.1 Å². The summed E-state index contributed by atoms with van der Waals surface area (Å²) in [4.78, 5) is 18.7. The first-order valence-corrected chi connectivity index (χ1v) is 12.1. The molecular formula is C23H25N3O9S. The lowest BCUT2D eigenvalue weighted by Gasteiger charge is -2.16. The Morgan fingerprint density at radius 2 is 1.69 bits per heavy atom. The summed E-state index contributed by atoms with van der Waals surface area (Å²) in [5, 5.41) is 9.14. The van der Waals surface area contributed by atoms with E-state index in [-0.39, 0.29) is 54.5 Å². The van der Waals surface area contributed by atoms with Gasteiger partial charge in [-0.3, -0.25) is 9.52 Å². The largest absolute Gasteiger partial charge is 0.493 e. The fourth-order valence-corrected chi connectivity index (χ4v) is 3.84. The zero-order chi connectivity index (χ0) is 26.0. The van der Waals surface area contributed by atoms with Crippen molar-refractivity contribution in [3.8, 4) is 28.9 Å². The van der Waals surface area contributed by atoms with Crippen molar-refractivity contribution in [2.24, 2.45) is 0 Å². The summed E-state index contributed by atoms with van der Waals surface area (Å²) >= 11 is 0. The third-order valence-electron chi connectivity index (χ3n) is 4.40. The maximum Gasteiger partial charge on any atom is 0.302 e. The lowest BCUT2D eigenvalue weighted by molar-refractivity contribution is -0.141. The third-order valence-corrected chi connectivity index (χ3v) is 5.76. The number of ether oxygens (including phenoxy) is 5. The van der Waals surface area contributed by atoms with Crippen LogP contribution in [0.5, 0.6) is 28.9 Å². The smallest absolute Gasteiger partial charge is 0.302 e. The number of hydrogen-bond donors (Lipinski definition) is 2. The number of carbonyl (C=O) groups excluding carboxylic acids is 1. The maximum atomic E-state index is 13.1. The number of hydrogen-bond acceptors (Lipinski definition) is 11. The number of benzene rings is 2. The van der Waals surface area contributed by atoms with Gasteiger partial charge >= 0.3 is 5.97 Å². The Hall–Kier alpha value is -4.10. The van der Waals surface area contributed by atoms with Crippen molar-refractivity contribution in [1.82, 2.24) is 9.97 Å². The Morgan fingerprint density at radius 1 is 0.972 bits per heavy atom. The standard InChI is InChI=1S/C23H25N3O9S/c1-16(28)32-13-14-33-17-7-9-18(10-8-17)36(29,30)26-22-21(23(25-15-24-22)34-12-11-27)35-20-6-4-3-5-19(20)31-2/h3-10,15,27H,11-14H2,1-2H3,(H,24,25,26). The van der Waals surface area contributed by atoms with E-state index < -0.39 is 16.0 Å². The summed E-state index contributed by atoms with van der Waals surface area (Å²) in [5.74, 6) is 0.221. The van der Waals surface area contributed by atoms with Gasteiger partial charge < -0.3 is 28.8 Å². The van der Waals surface area contributed by atoms with E-state index in [1.165, 1.54) is 38.3 Å². The molecule has 0 saturated heterocycles. The highest BCUT2D eigenvalue weighted by Gasteiger charge is 2.23. The van der Waals surface area contributed by atoms with Crippen molar-refractivity contribution < 1.29 is 42.0 Å². The number of rotatable bonds is 13. The molecule has 3 rings (SSSR count). The summed E-state index contributed by atoms with van der Waals surface area (Å²) in [6.07, 6.45) is 1.10. The van der Waals surface area contributed by atoms with Crippen LogP contribution in [-0.4, -0.2) is 63.0 Å². The monoisotopic (exact) mass is 519 g/mol. The molecule has 36 heavy (non-hydrogen) atoms. The maximum absolute atomic E-state index is 13.1. The van der Waals surface area contributed by atoms with Crippen LogP contribution in [0.3, 0.4) is 0 Å². The molecule has 12 nitrogen and oxygen atoms in total. The van der Waals surface area contributed by atoms with Crippen molar-refractivity contribution in [1.29, 1.82) is 0 Å². The molecule has 0 amide bonds. The number of nitrogens with one attached hydrogen (secondary N) is 1. The molecule has 2 N–H and O–H groups in total. The Morgan fingerprint density at radius 3 is 2.36 bits per heavy atom. The van der Waals surface area contributed by atoms with Gasteiger partial charge in [0.25, 0.3) is 15.9 Å². The second-order valence-corrected chi connectivity index (χ2v) is 8.63. The number of aliphatic hydroxyl groups excluding tert-OH is 1. The molecular weight excluding hydrogens is 494 g/mol.